The third-order valence-corrected chi connectivity index (χ3v) is 2.89. The Labute approximate surface area is 87.8 Å². The first kappa shape index (κ1) is 10.1. The molecular weight excluding hydrogens is 196 g/mol. The molecule has 82 valence electrons. The molecule has 0 aromatic heterocycles. The molecule has 0 bridgehead atoms. The number of hydrogen-bond donors (Lipinski definition) is 1. The molecule has 0 atom stereocenters. The van der Waals surface area contributed by atoms with Crippen LogP contribution in [0.15, 0.2) is 0 Å². The highest BCUT2D eigenvalue weighted by atomic mass is 16.2. The number of barbiturate groups is 1. The van der Waals surface area contributed by atoms with Gasteiger partial charge >= 0.3 is 6.03 Å². The van der Waals surface area contributed by atoms with Gasteiger partial charge in [0.05, 0.1) is 0 Å². The lowest BCUT2D eigenvalue weighted by Crippen LogP contribution is -2.64. The minimum atomic E-state index is -0.929. The summed E-state index contributed by atoms with van der Waals surface area (Å²) in [4.78, 5) is 36.2. The third kappa shape index (κ3) is 1.26. The summed E-state index contributed by atoms with van der Waals surface area (Å²) in [6, 6.07) is -0.602. The number of rotatable bonds is 0. The zero-order chi connectivity index (χ0) is 11.4. The molecule has 0 aromatic carbocycles. The first-order valence-corrected chi connectivity index (χ1v) is 4.99. The summed E-state index contributed by atoms with van der Waals surface area (Å²) in [6.07, 6.45) is 1.11. The lowest BCUT2D eigenvalue weighted by Gasteiger charge is -2.39. The average molecular weight is 210 g/mol. The smallest absolute Gasteiger partial charge is 0.277 e. The van der Waals surface area contributed by atoms with Crippen molar-refractivity contribution in [2.24, 2.45) is 5.41 Å². The van der Waals surface area contributed by atoms with Crippen molar-refractivity contribution in [3.8, 4) is 0 Å². The van der Waals surface area contributed by atoms with Crippen molar-refractivity contribution < 1.29 is 14.4 Å². The minimum Gasteiger partial charge on any atom is -0.277 e. The van der Waals surface area contributed by atoms with E-state index in [-0.39, 0.29) is 5.91 Å². The summed E-state index contributed by atoms with van der Waals surface area (Å²) in [6.45, 7) is 5.32. The Kier molecular flexibility index (Phi) is 1.75. The number of amides is 4. The Morgan fingerprint density at radius 1 is 1.20 bits per heavy atom. The van der Waals surface area contributed by atoms with Crippen LogP contribution in [0.3, 0.4) is 0 Å². The van der Waals surface area contributed by atoms with E-state index >= 15 is 0 Å². The topological polar surface area (TPSA) is 66.5 Å². The molecule has 2 aliphatic rings. The second kappa shape index (κ2) is 2.59. The van der Waals surface area contributed by atoms with Gasteiger partial charge in [-0.25, -0.2) is 4.79 Å². The number of imide groups is 2. The maximum atomic E-state index is 12.0. The zero-order valence-corrected chi connectivity index (χ0v) is 9.09. The molecule has 0 radical (unpaired) electrons. The maximum Gasteiger partial charge on any atom is 0.331 e. The van der Waals surface area contributed by atoms with Gasteiger partial charge in [-0.1, -0.05) is 0 Å². The standard InChI is InChI=1S/C10H14N2O3/c1-9(2,3)12-7(14)10(4-5-10)6(13)11-8(12)15/h4-5H2,1-3H3,(H,11,13,15). The summed E-state index contributed by atoms with van der Waals surface area (Å²) in [7, 11) is 0. The fraction of sp³-hybridized carbons (Fsp3) is 0.700. The van der Waals surface area contributed by atoms with Crippen LogP contribution in [0.25, 0.3) is 0 Å². The molecular formula is C10H14N2O3. The molecule has 1 spiro atoms. The van der Waals surface area contributed by atoms with Crippen LogP contribution in [-0.4, -0.2) is 28.3 Å². The van der Waals surface area contributed by atoms with Crippen molar-refractivity contribution in [2.45, 2.75) is 39.2 Å². The Balaban J connectivity index is 2.37. The van der Waals surface area contributed by atoms with E-state index in [0.29, 0.717) is 12.8 Å². The normalized spacial score (nSPS) is 24.5. The van der Waals surface area contributed by atoms with Gasteiger partial charge < -0.3 is 0 Å². The van der Waals surface area contributed by atoms with Crippen molar-refractivity contribution in [1.82, 2.24) is 10.2 Å². The van der Waals surface area contributed by atoms with Gasteiger partial charge in [0, 0.05) is 5.54 Å². The molecule has 1 saturated heterocycles. The molecule has 5 nitrogen and oxygen atoms in total. The molecule has 1 saturated carbocycles. The lowest BCUT2D eigenvalue weighted by molar-refractivity contribution is -0.147. The molecule has 1 N–H and O–H groups in total. The fourth-order valence-electron chi connectivity index (χ4n) is 1.85. The fourth-order valence-corrected chi connectivity index (χ4v) is 1.85. The van der Waals surface area contributed by atoms with Gasteiger partial charge in [-0.15, -0.1) is 0 Å². The van der Waals surface area contributed by atoms with Crippen LogP contribution in [0.2, 0.25) is 0 Å². The van der Waals surface area contributed by atoms with Gasteiger partial charge in [0.15, 0.2) is 0 Å². The number of carbonyl (C=O) groups excluding carboxylic acids is 3. The Morgan fingerprint density at radius 3 is 2.13 bits per heavy atom. The number of hydrogen-bond acceptors (Lipinski definition) is 3. The summed E-state index contributed by atoms with van der Waals surface area (Å²) < 4.78 is 0. The van der Waals surface area contributed by atoms with Gasteiger partial charge in [-0.2, -0.15) is 0 Å². The van der Waals surface area contributed by atoms with E-state index in [1.807, 2.05) is 0 Å². The molecule has 4 amide bonds. The quantitative estimate of drug-likeness (QED) is 0.597. The highest BCUT2D eigenvalue weighted by molar-refractivity contribution is 6.21. The minimum absolute atomic E-state index is 0.344. The first-order valence-electron chi connectivity index (χ1n) is 4.99. The van der Waals surface area contributed by atoms with Crippen molar-refractivity contribution in [3.05, 3.63) is 0 Å². The van der Waals surface area contributed by atoms with E-state index in [1.54, 1.807) is 20.8 Å². The molecule has 1 aliphatic carbocycles. The highest BCUT2D eigenvalue weighted by Crippen LogP contribution is 2.49. The number of nitrogens with zero attached hydrogens (tertiary/aromatic N) is 1. The van der Waals surface area contributed by atoms with Gasteiger partial charge in [0.25, 0.3) is 0 Å². The van der Waals surface area contributed by atoms with Gasteiger partial charge in [0.2, 0.25) is 11.8 Å². The summed E-state index contributed by atoms with van der Waals surface area (Å²) >= 11 is 0. The zero-order valence-electron chi connectivity index (χ0n) is 9.09. The third-order valence-electron chi connectivity index (χ3n) is 2.89. The van der Waals surface area contributed by atoms with Crippen LogP contribution < -0.4 is 5.32 Å². The van der Waals surface area contributed by atoms with Gasteiger partial charge in [0.1, 0.15) is 5.41 Å². The summed E-state index contributed by atoms with van der Waals surface area (Å²) in [5, 5.41) is 2.25. The summed E-state index contributed by atoms with van der Waals surface area (Å²) in [5.74, 6) is -0.776. The van der Waals surface area contributed by atoms with E-state index in [2.05, 4.69) is 5.32 Å². The molecule has 15 heavy (non-hydrogen) atoms. The van der Waals surface area contributed by atoms with E-state index < -0.39 is 22.9 Å². The molecule has 2 rings (SSSR count). The van der Waals surface area contributed by atoms with Crippen molar-refractivity contribution >= 4 is 17.8 Å². The SMILES string of the molecule is CC(C)(C)N1C(=O)NC(=O)C2(CC2)C1=O. The first-order chi connectivity index (χ1) is 6.79. The highest BCUT2D eigenvalue weighted by Gasteiger charge is 2.63. The molecule has 1 heterocycles. The predicted octanol–water partition coefficient (Wildman–Crippen LogP) is 0.643. The van der Waals surface area contributed by atoms with Crippen LogP contribution in [0.1, 0.15) is 33.6 Å². The van der Waals surface area contributed by atoms with Gasteiger partial charge in [-0.05, 0) is 33.6 Å². The van der Waals surface area contributed by atoms with E-state index in [4.69, 9.17) is 0 Å². The van der Waals surface area contributed by atoms with Crippen LogP contribution in [0.4, 0.5) is 4.79 Å². The monoisotopic (exact) mass is 210 g/mol. The van der Waals surface area contributed by atoms with E-state index in [0.717, 1.165) is 4.90 Å². The Morgan fingerprint density at radius 2 is 1.73 bits per heavy atom. The maximum absolute atomic E-state index is 12.0. The van der Waals surface area contributed by atoms with Crippen molar-refractivity contribution in [1.29, 1.82) is 0 Å². The van der Waals surface area contributed by atoms with E-state index in [1.165, 1.54) is 0 Å². The molecule has 5 heteroatoms. The van der Waals surface area contributed by atoms with Crippen molar-refractivity contribution in [2.75, 3.05) is 0 Å². The van der Waals surface area contributed by atoms with Crippen LogP contribution in [0.5, 0.6) is 0 Å². The Bertz CT molecular complexity index is 363. The number of nitrogens with one attached hydrogen (secondary N) is 1. The predicted molar refractivity (Wildman–Crippen MR) is 51.8 cm³/mol. The van der Waals surface area contributed by atoms with Crippen LogP contribution in [0, 0.1) is 5.41 Å². The molecule has 0 aromatic rings. The number of carbonyl (C=O) groups is 3. The number of urea groups is 1. The lowest BCUT2D eigenvalue weighted by atomic mass is 9.96. The van der Waals surface area contributed by atoms with Crippen LogP contribution in [-0.2, 0) is 9.59 Å². The second-order valence-corrected chi connectivity index (χ2v) is 5.15. The molecule has 0 unspecified atom stereocenters. The van der Waals surface area contributed by atoms with E-state index in [9.17, 15) is 14.4 Å². The van der Waals surface area contributed by atoms with Crippen molar-refractivity contribution in [3.63, 3.8) is 0 Å². The summed E-state index contributed by atoms with van der Waals surface area (Å²) in [5.41, 5.74) is -1.52. The molecule has 2 fully saturated rings. The van der Waals surface area contributed by atoms with Crippen LogP contribution >= 0.6 is 0 Å². The average Bonchev–Trinajstić information content (AvgIpc) is 2.78. The Hall–Kier alpha value is -1.39. The molecule has 1 aliphatic heterocycles. The largest absolute Gasteiger partial charge is 0.331 e. The van der Waals surface area contributed by atoms with Gasteiger partial charge in [-0.3, -0.25) is 19.8 Å². The second-order valence-electron chi connectivity index (χ2n) is 5.15.